The van der Waals surface area contributed by atoms with Crippen molar-refractivity contribution in [3.63, 3.8) is 0 Å². The molecule has 1 unspecified atom stereocenters. The lowest BCUT2D eigenvalue weighted by Gasteiger charge is -2.22. The average molecular weight is 453 g/mol. The summed E-state index contributed by atoms with van der Waals surface area (Å²) in [4.78, 5) is 11.3. The van der Waals surface area contributed by atoms with Crippen LogP contribution in [0.4, 0.5) is 8.78 Å². The molecule has 0 aliphatic heterocycles. The van der Waals surface area contributed by atoms with E-state index < -0.39 is 20.9 Å². The molecule has 0 aliphatic carbocycles. The molecule has 0 spiro atoms. The summed E-state index contributed by atoms with van der Waals surface area (Å²) in [6.45, 7) is 6.12. The topological polar surface area (TPSA) is 75.3 Å². The molecule has 0 bridgehead atoms. The van der Waals surface area contributed by atoms with Crippen LogP contribution in [0.1, 0.15) is 45.2 Å². The minimum atomic E-state index is -3.57. The summed E-state index contributed by atoms with van der Waals surface area (Å²) in [5, 5.41) is 2.07. The van der Waals surface area contributed by atoms with E-state index in [-0.39, 0.29) is 18.3 Å². The Labute approximate surface area is 183 Å². The molecule has 0 heterocycles. The number of benzene rings is 2. The molecule has 5 nitrogen and oxygen atoms in total. The minimum Gasteiger partial charge on any atom is -0.356 e. The normalized spacial score (nSPS) is 13.8. The van der Waals surface area contributed by atoms with Gasteiger partial charge < -0.3 is 5.32 Å². The Balaban J connectivity index is 2.08. The van der Waals surface area contributed by atoms with E-state index >= 15 is 4.39 Å². The van der Waals surface area contributed by atoms with Crippen molar-refractivity contribution in [1.82, 2.24) is 10.0 Å². The first-order valence-electron chi connectivity index (χ1n) is 10.3. The predicted molar refractivity (Wildman–Crippen MR) is 119 cm³/mol. The average Bonchev–Trinajstić information content (AvgIpc) is 2.73. The van der Waals surface area contributed by atoms with Crippen molar-refractivity contribution in [1.29, 1.82) is 0 Å². The molecule has 0 saturated carbocycles. The second-order valence-corrected chi connectivity index (χ2v) is 10.3. The highest BCUT2D eigenvalue weighted by atomic mass is 32.2. The van der Waals surface area contributed by atoms with Crippen LogP contribution in [0.5, 0.6) is 0 Å². The standard InChI is InChI=1S/C23H30F2N2O3S/c1-5-22(28)26-13-12-18-6-7-19(14-21(18)24)17-8-10-20(11-9-17)23(4,25)15-27-31(29,30)16(2)3/h6-11,14,16,27H,5,12-13,15H2,1-4H3,(H,26,28). The van der Waals surface area contributed by atoms with Crippen molar-refractivity contribution in [2.75, 3.05) is 13.1 Å². The van der Waals surface area contributed by atoms with Crippen LogP contribution in [0.2, 0.25) is 0 Å². The molecule has 0 saturated heterocycles. The summed E-state index contributed by atoms with van der Waals surface area (Å²) >= 11 is 0. The SMILES string of the molecule is CCC(=O)NCCc1ccc(-c2ccc(C(C)(F)CNS(=O)(=O)C(C)C)cc2)cc1F. The third-order valence-corrected chi connectivity index (χ3v) is 6.92. The van der Waals surface area contributed by atoms with Crippen LogP contribution in [-0.2, 0) is 26.9 Å². The molecule has 2 aromatic rings. The van der Waals surface area contributed by atoms with Crippen LogP contribution in [0.15, 0.2) is 42.5 Å². The van der Waals surface area contributed by atoms with Gasteiger partial charge in [0.2, 0.25) is 15.9 Å². The summed E-state index contributed by atoms with van der Waals surface area (Å²) in [6.07, 6.45) is 0.780. The molecule has 2 N–H and O–H groups in total. The molecule has 2 rings (SSSR count). The highest BCUT2D eigenvalue weighted by molar-refractivity contribution is 7.90. The van der Waals surface area contributed by atoms with Crippen molar-refractivity contribution < 1.29 is 22.0 Å². The van der Waals surface area contributed by atoms with Gasteiger partial charge >= 0.3 is 0 Å². The summed E-state index contributed by atoms with van der Waals surface area (Å²) < 4.78 is 55.6. The fourth-order valence-electron chi connectivity index (χ4n) is 2.91. The van der Waals surface area contributed by atoms with Crippen molar-refractivity contribution in [2.45, 2.75) is 51.5 Å². The molecule has 8 heteroatoms. The lowest BCUT2D eigenvalue weighted by Crippen LogP contribution is -2.39. The number of carbonyl (C=O) groups excluding carboxylic acids is 1. The molecule has 0 aliphatic rings. The lowest BCUT2D eigenvalue weighted by molar-refractivity contribution is -0.120. The van der Waals surface area contributed by atoms with Gasteiger partial charge in [-0.2, -0.15) is 0 Å². The maximum atomic E-state index is 15.1. The molecule has 31 heavy (non-hydrogen) atoms. The summed E-state index contributed by atoms with van der Waals surface area (Å²) in [7, 11) is -3.57. The van der Waals surface area contributed by atoms with E-state index in [1.807, 2.05) is 0 Å². The van der Waals surface area contributed by atoms with E-state index in [0.717, 1.165) is 0 Å². The number of hydrogen-bond donors (Lipinski definition) is 2. The number of carbonyl (C=O) groups is 1. The maximum absolute atomic E-state index is 15.1. The van der Waals surface area contributed by atoms with Gasteiger partial charge in [0.15, 0.2) is 0 Å². The Morgan fingerprint density at radius 3 is 2.26 bits per heavy atom. The number of rotatable bonds is 10. The van der Waals surface area contributed by atoms with E-state index in [9.17, 15) is 17.6 Å². The van der Waals surface area contributed by atoms with Crippen LogP contribution in [-0.4, -0.2) is 32.7 Å². The van der Waals surface area contributed by atoms with Crippen LogP contribution in [0, 0.1) is 5.82 Å². The van der Waals surface area contributed by atoms with Crippen LogP contribution < -0.4 is 10.0 Å². The van der Waals surface area contributed by atoms with Gasteiger partial charge in [0, 0.05) is 19.5 Å². The fourth-order valence-corrected chi connectivity index (χ4v) is 3.71. The molecule has 1 amide bonds. The van der Waals surface area contributed by atoms with Gasteiger partial charge in [-0.15, -0.1) is 0 Å². The van der Waals surface area contributed by atoms with Crippen molar-refractivity contribution in [2.24, 2.45) is 0 Å². The zero-order chi connectivity index (χ0) is 23.2. The second-order valence-electron chi connectivity index (χ2n) is 7.95. The highest BCUT2D eigenvalue weighted by Gasteiger charge is 2.29. The number of alkyl halides is 1. The smallest absolute Gasteiger partial charge is 0.219 e. The lowest BCUT2D eigenvalue weighted by atomic mass is 9.95. The van der Waals surface area contributed by atoms with Crippen LogP contribution in [0.3, 0.4) is 0 Å². The quantitative estimate of drug-likeness (QED) is 0.571. The van der Waals surface area contributed by atoms with Crippen molar-refractivity contribution in [3.05, 3.63) is 59.4 Å². The predicted octanol–water partition coefficient (Wildman–Crippen LogP) is 4.07. The number of hydrogen-bond acceptors (Lipinski definition) is 3. The molecule has 0 fully saturated rings. The largest absolute Gasteiger partial charge is 0.356 e. The third kappa shape index (κ3) is 6.83. The van der Waals surface area contributed by atoms with E-state index in [4.69, 9.17) is 0 Å². The first-order valence-corrected chi connectivity index (χ1v) is 11.8. The van der Waals surface area contributed by atoms with Crippen LogP contribution >= 0.6 is 0 Å². The molecule has 170 valence electrons. The molecule has 0 aromatic heterocycles. The Morgan fingerprint density at radius 2 is 1.71 bits per heavy atom. The number of sulfonamides is 1. The monoisotopic (exact) mass is 452 g/mol. The van der Waals surface area contributed by atoms with Crippen molar-refractivity contribution >= 4 is 15.9 Å². The molecule has 2 aromatic carbocycles. The zero-order valence-corrected chi connectivity index (χ0v) is 19.2. The number of halogens is 2. The van der Waals surface area contributed by atoms with E-state index in [1.54, 1.807) is 43.3 Å². The summed E-state index contributed by atoms with van der Waals surface area (Å²) in [6, 6.07) is 11.4. The van der Waals surface area contributed by atoms with E-state index in [2.05, 4.69) is 10.0 Å². The first-order chi connectivity index (χ1) is 14.5. The van der Waals surface area contributed by atoms with E-state index in [0.29, 0.717) is 41.6 Å². The maximum Gasteiger partial charge on any atom is 0.219 e. The third-order valence-electron chi connectivity index (χ3n) is 5.14. The fraction of sp³-hybridized carbons (Fsp3) is 0.435. The first kappa shape index (κ1) is 24.9. The zero-order valence-electron chi connectivity index (χ0n) is 18.3. The summed E-state index contributed by atoms with van der Waals surface area (Å²) in [5.41, 5.74) is 0.300. The second kappa shape index (κ2) is 10.3. The Bertz CT molecular complexity index is 1000. The van der Waals surface area contributed by atoms with Crippen LogP contribution in [0.25, 0.3) is 11.1 Å². The van der Waals surface area contributed by atoms with Gasteiger partial charge in [-0.25, -0.2) is 21.9 Å². The molecule has 1 atom stereocenters. The van der Waals surface area contributed by atoms with Gasteiger partial charge in [0.25, 0.3) is 0 Å². The number of nitrogens with one attached hydrogen (secondary N) is 2. The molecule has 0 radical (unpaired) electrons. The Hall–Kier alpha value is -2.32. The highest BCUT2D eigenvalue weighted by Crippen LogP contribution is 2.29. The minimum absolute atomic E-state index is 0.0750. The van der Waals surface area contributed by atoms with Crippen molar-refractivity contribution in [3.8, 4) is 11.1 Å². The van der Waals surface area contributed by atoms with Gasteiger partial charge in [0.1, 0.15) is 11.5 Å². The van der Waals surface area contributed by atoms with Gasteiger partial charge in [-0.05, 0) is 55.5 Å². The van der Waals surface area contributed by atoms with E-state index in [1.165, 1.54) is 26.8 Å². The molecular weight excluding hydrogens is 422 g/mol. The molecular formula is C23H30F2N2O3S. The number of amides is 1. The Kier molecular flexibility index (Phi) is 8.31. The van der Waals surface area contributed by atoms with Gasteiger partial charge in [0.05, 0.1) is 5.25 Å². The summed E-state index contributed by atoms with van der Waals surface area (Å²) in [5.74, 6) is -0.445. The Morgan fingerprint density at radius 1 is 1.10 bits per heavy atom. The van der Waals surface area contributed by atoms with Gasteiger partial charge in [-0.1, -0.05) is 43.3 Å². The van der Waals surface area contributed by atoms with Gasteiger partial charge in [-0.3, -0.25) is 4.79 Å².